The average molecular weight is 383 g/mol. The molecule has 28 heavy (non-hydrogen) atoms. The van der Waals surface area contributed by atoms with Crippen molar-refractivity contribution in [2.45, 2.75) is 51.9 Å². The number of rotatable bonds is 4. The summed E-state index contributed by atoms with van der Waals surface area (Å²) >= 11 is 0. The molecule has 0 amide bonds. The highest BCUT2D eigenvalue weighted by atomic mass is 16.6. The maximum absolute atomic E-state index is 12.0. The lowest BCUT2D eigenvalue weighted by Crippen LogP contribution is -2.63. The summed E-state index contributed by atoms with van der Waals surface area (Å²) in [4.78, 5) is 23.3. The van der Waals surface area contributed by atoms with Gasteiger partial charge in [-0.15, -0.1) is 0 Å². The van der Waals surface area contributed by atoms with Crippen LogP contribution in [0.15, 0.2) is 48.5 Å². The van der Waals surface area contributed by atoms with Gasteiger partial charge in [0.05, 0.1) is 0 Å². The van der Waals surface area contributed by atoms with Crippen molar-refractivity contribution in [2.75, 3.05) is 0 Å². The van der Waals surface area contributed by atoms with Crippen LogP contribution in [-0.2, 0) is 0 Å². The van der Waals surface area contributed by atoms with E-state index in [0.717, 1.165) is 22.3 Å². The molecule has 2 aromatic rings. The molecule has 1 aliphatic rings. The van der Waals surface area contributed by atoms with Gasteiger partial charge in [-0.25, -0.2) is 0 Å². The molecule has 1 aliphatic heterocycles. The highest BCUT2D eigenvalue weighted by Gasteiger charge is 2.62. The van der Waals surface area contributed by atoms with Gasteiger partial charge < -0.3 is 0 Å². The third-order valence-corrected chi connectivity index (χ3v) is 5.84. The van der Waals surface area contributed by atoms with Gasteiger partial charge in [0, 0.05) is 9.85 Å². The standard InChI is InChI=1S/C21H25N3O4/c1-13-5-9-15(10-6-13)17-19(23(25)26)21(3,4)20(24(27)28)18(22-17)16-11-7-14(2)8-12-16/h5-12,17-20,22H,1-4H3/t17-,18+,19+,20-. The van der Waals surface area contributed by atoms with Crippen molar-refractivity contribution in [1.82, 2.24) is 5.32 Å². The molecule has 1 heterocycles. The third kappa shape index (κ3) is 3.49. The van der Waals surface area contributed by atoms with Gasteiger partial charge in [-0.2, -0.15) is 0 Å². The first-order valence-electron chi connectivity index (χ1n) is 9.29. The summed E-state index contributed by atoms with van der Waals surface area (Å²) in [5, 5.41) is 27.3. The fourth-order valence-electron chi connectivity index (χ4n) is 4.30. The van der Waals surface area contributed by atoms with E-state index in [2.05, 4.69) is 5.32 Å². The Morgan fingerprint density at radius 3 is 1.36 bits per heavy atom. The van der Waals surface area contributed by atoms with Gasteiger partial charge >= 0.3 is 0 Å². The molecule has 0 aromatic heterocycles. The van der Waals surface area contributed by atoms with Crippen LogP contribution in [0.5, 0.6) is 0 Å². The van der Waals surface area contributed by atoms with Crippen LogP contribution in [0.25, 0.3) is 0 Å². The van der Waals surface area contributed by atoms with E-state index >= 15 is 0 Å². The third-order valence-electron chi connectivity index (χ3n) is 5.84. The molecule has 1 N–H and O–H groups in total. The van der Waals surface area contributed by atoms with Crippen LogP contribution < -0.4 is 5.32 Å². The molecule has 0 saturated carbocycles. The second-order valence-electron chi connectivity index (χ2n) is 8.23. The lowest BCUT2D eigenvalue weighted by molar-refractivity contribution is -0.605. The zero-order chi connectivity index (χ0) is 20.6. The van der Waals surface area contributed by atoms with Crippen LogP contribution in [0.4, 0.5) is 0 Å². The fraction of sp³-hybridized carbons (Fsp3) is 0.429. The second-order valence-corrected chi connectivity index (χ2v) is 8.23. The molecule has 0 spiro atoms. The summed E-state index contributed by atoms with van der Waals surface area (Å²) in [5.41, 5.74) is 2.46. The van der Waals surface area contributed by atoms with Gasteiger partial charge in [-0.05, 0) is 38.8 Å². The Morgan fingerprint density at radius 1 is 0.750 bits per heavy atom. The van der Waals surface area contributed by atoms with E-state index in [0.29, 0.717) is 0 Å². The van der Waals surface area contributed by atoms with E-state index in [1.54, 1.807) is 13.8 Å². The molecule has 0 bridgehead atoms. The minimum Gasteiger partial charge on any atom is -0.291 e. The molecule has 148 valence electrons. The molecule has 7 nitrogen and oxygen atoms in total. The van der Waals surface area contributed by atoms with Crippen LogP contribution in [0.3, 0.4) is 0 Å². The predicted octanol–water partition coefficient (Wildman–Crippen LogP) is 4.01. The number of hydrogen-bond donors (Lipinski definition) is 1. The summed E-state index contributed by atoms with van der Waals surface area (Å²) in [7, 11) is 0. The van der Waals surface area contributed by atoms with Crippen molar-refractivity contribution < 1.29 is 9.85 Å². The van der Waals surface area contributed by atoms with Crippen molar-refractivity contribution in [3.8, 4) is 0 Å². The molecule has 0 radical (unpaired) electrons. The predicted molar refractivity (Wildman–Crippen MR) is 106 cm³/mol. The highest BCUT2D eigenvalue weighted by Crippen LogP contribution is 2.46. The molecule has 0 unspecified atom stereocenters. The molecule has 7 heteroatoms. The van der Waals surface area contributed by atoms with Crippen LogP contribution >= 0.6 is 0 Å². The molecule has 2 aromatic carbocycles. The van der Waals surface area contributed by atoms with Gasteiger partial charge in [-0.1, -0.05) is 59.7 Å². The number of nitro groups is 2. The van der Waals surface area contributed by atoms with Crippen molar-refractivity contribution in [3.63, 3.8) is 0 Å². The van der Waals surface area contributed by atoms with Crippen LogP contribution in [0.1, 0.15) is 48.2 Å². The Labute approximate surface area is 164 Å². The smallest absolute Gasteiger partial charge is 0.243 e. The molecule has 1 saturated heterocycles. The van der Waals surface area contributed by atoms with Crippen molar-refractivity contribution in [2.24, 2.45) is 5.41 Å². The Bertz CT molecular complexity index is 806. The topological polar surface area (TPSA) is 98.3 Å². The summed E-state index contributed by atoms with van der Waals surface area (Å²) in [6, 6.07) is 11.5. The summed E-state index contributed by atoms with van der Waals surface area (Å²) < 4.78 is 0. The van der Waals surface area contributed by atoms with E-state index in [1.807, 2.05) is 62.4 Å². The van der Waals surface area contributed by atoms with E-state index in [1.165, 1.54) is 0 Å². The van der Waals surface area contributed by atoms with Gasteiger partial charge in [0.1, 0.15) is 17.5 Å². The lowest BCUT2D eigenvalue weighted by atomic mass is 9.66. The van der Waals surface area contributed by atoms with E-state index < -0.39 is 29.6 Å². The number of hydrogen-bond acceptors (Lipinski definition) is 5. The normalized spacial score (nSPS) is 26.6. The minimum absolute atomic E-state index is 0.376. The lowest BCUT2D eigenvalue weighted by Gasteiger charge is -2.44. The van der Waals surface area contributed by atoms with Crippen LogP contribution in [0, 0.1) is 39.5 Å². The zero-order valence-electron chi connectivity index (χ0n) is 16.5. The molecule has 3 rings (SSSR count). The largest absolute Gasteiger partial charge is 0.291 e. The first-order valence-corrected chi connectivity index (χ1v) is 9.29. The molecule has 4 atom stereocenters. The summed E-state index contributed by atoms with van der Waals surface area (Å²) in [6.45, 7) is 7.17. The molecule has 0 aliphatic carbocycles. The number of nitrogens with zero attached hydrogens (tertiary/aromatic N) is 2. The van der Waals surface area contributed by atoms with E-state index in [4.69, 9.17) is 0 Å². The fourth-order valence-corrected chi connectivity index (χ4v) is 4.30. The zero-order valence-corrected chi connectivity index (χ0v) is 16.5. The van der Waals surface area contributed by atoms with Crippen LogP contribution in [0.2, 0.25) is 0 Å². The van der Waals surface area contributed by atoms with Crippen molar-refractivity contribution >= 4 is 0 Å². The first kappa shape index (κ1) is 19.9. The number of benzene rings is 2. The van der Waals surface area contributed by atoms with Gasteiger partial charge in [0.25, 0.3) is 0 Å². The van der Waals surface area contributed by atoms with Gasteiger partial charge in [0.2, 0.25) is 12.1 Å². The maximum Gasteiger partial charge on any atom is 0.243 e. The second kappa shape index (κ2) is 7.31. The van der Waals surface area contributed by atoms with Gasteiger partial charge in [0.15, 0.2) is 0 Å². The maximum atomic E-state index is 12.0. The molecular weight excluding hydrogens is 358 g/mol. The monoisotopic (exact) mass is 383 g/mol. The minimum atomic E-state index is -1.16. The summed E-state index contributed by atoms with van der Waals surface area (Å²) in [6.07, 6.45) is 0. The average Bonchev–Trinajstić information content (AvgIpc) is 2.60. The number of piperidine rings is 1. The Kier molecular flexibility index (Phi) is 5.21. The molecule has 1 fully saturated rings. The Hall–Kier alpha value is -2.80. The van der Waals surface area contributed by atoms with Gasteiger partial charge in [-0.3, -0.25) is 25.5 Å². The van der Waals surface area contributed by atoms with E-state index in [9.17, 15) is 20.2 Å². The van der Waals surface area contributed by atoms with Crippen molar-refractivity contribution in [1.29, 1.82) is 0 Å². The first-order chi connectivity index (χ1) is 13.1. The quantitative estimate of drug-likeness (QED) is 0.635. The number of aryl methyl sites for hydroxylation is 2. The number of nitrogens with one attached hydrogen (secondary N) is 1. The SMILES string of the molecule is Cc1ccc([C@H]2N[C@@H](c3ccc(C)cc3)[C@@H]([N+](=O)[O-])C(C)(C)[C@H]2[N+](=O)[O-])cc1. The van der Waals surface area contributed by atoms with Crippen LogP contribution in [-0.4, -0.2) is 21.9 Å². The molecular formula is C21H25N3O4. The Morgan fingerprint density at radius 2 is 1.07 bits per heavy atom. The van der Waals surface area contributed by atoms with Crippen molar-refractivity contribution in [3.05, 3.63) is 91.0 Å². The Balaban J connectivity index is 2.14. The summed E-state index contributed by atoms with van der Waals surface area (Å²) in [5.74, 6) is 0. The van der Waals surface area contributed by atoms with E-state index in [-0.39, 0.29) is 9.85 Å². The highest BCUT2D eigenvalue weighted by molar-refractivity contribution is 5.31.